The highest BCUT2D eigenvalue weighted by Gasteiger charge is 2.22. The zero-order valence-corrected chi connectivity index (χ0v) is 12.6. The summed E-state index contributed by atoms with van der Waals surface area (Å²) in [6.07, 6.45) is 5.59. The zero-order chi connectivity index (χ0) is 14.5. The van der Waals surface area contributed by atoms with Crippen molar-refractivity contribution in [3.8, 4) is 0 Å². The molecular weight excluding hydrogens is 254 g/mol. The van der Waals surface area contributed by atoms with Gasteiger partial charge >= 0.3 is 0 Å². The fraction of sp³-hybridized carbons (Fsp3) is 0.786. The second kappa shape index (κ2) is 6.83. The second-order valence-corrected chi connectivity index (χ2v) is 5.89. The first-order valence-corrected chi connectivity index (χ1v) is 7.43. The Kier molecular flexibility index (Phi) is 5.11. The monoisotopic (exact) mass is 279 g/mol. The van der Waals surface area contributed by atoms with Crippen molar-refractivity contribution in [1.29, 1.82) is 0 Å². The minimum absolute atomic E-state index is 0.00703. The summed E-state index contributed by atoms with van der Waals surface area (Å²) in [7, 11) is 0. The number of nitrogens with one attached hydrogen (secondary N) is 1. The number of hydrogen-bond donors (Lipinski definition) is 1. The summed E-state index contributed by atoms with van der Waals surface area (Å²) in [4.78, 5) is 18.4. The molecule has 1 aromatic rings. The van der Waals surface area contributed by atoms with E-state index in [4.69, 9.17) is 0 Å². The van der Waals surface area contributed by atoms with E-state index in [1.807, 2.05) is 6.92 Å². The van der Waals surface area contributed by atoms with E-state index < -0.39 is 0 Å². The first kappa shape index (κ1) is 15.0. The van der Waals surface area contributed by atoms with Crippen LogP contribution in [0.5, 0.6) is 0 Å². The SMILES string of the molecule is C[C@@H]1CCCN([C@@H](C)CNC(=O)[C@H](C)n2cncn2)C1. The van der Waals surface area contributed by atoms with Crippen molar-refractivity contribution < 1.29 is 4.79 Å². The largest absolute Gasteiger partial charge is 0.353 e. The maximum Gasteiger partial charge on any atom is 0.244 e. The molecule has 6 heteroatoms. The van der Waals surface area contributed by atoms with Crippen LogP contribution in [-0.4, -0.2) is 51.2 Å². The van der Waals surface area contributed by atoms with Crippen molar-refractivity contribution in [2.75, 3.05) is 19.6 Å². The summed E-state index contributed by atoms with van der Waals surface area (Å²) in [5, 5.41) is 7.01. The number of likely N-dealkylation sites (tertiary alicyclic amines) is 1. The molecule has 1 N–H and O–H groups in total. The van der Waals surface area contributed by atoms with Gasteiger partial charge in [-0.05, 0) is 39.2 Å². The third-order valence-electron chi connectivity index (χ3n) is 4.10. The molecule has 2 rings (SSSR count). The molecular formula is C14H25N5O. The Bertz CT molecular complexity index is 419. The van der Waals surface area contributed by atoms with Gasteiger partial charge in [0, 0.05) is 19.1 Å². The van der Waals surface area contributed by atoms with Gasteiger partial charge in [0.2, 0.25) is 5.91 Å². The molecule has 6 nitrogen and oxygen atoms in total. The molecule has 0 aromatic carbocycles. The van der Waals surface area contributed by atoms with E-state index in [0.29, 0.717) is 12.6 Å². The van der Waals surface area contributed by atoms with Gasteiger partial charge in [0.1, 0.15) is 18.7 Å². The Labute approximate surface area is 120 Å². The highest BCUT2D eigenvalue weighted by molar-refractivity contribution is 5.79. The predicted molar refractivity (Wildman–Crippen MR) is 77.2 cm³/mol. The summed E-state index contributed by atoms with van der Waals surface area (Å²) < 4.78 is 1.57. The Balaban J connectivity index is 1.78. The zero-order valence-electron chi connectivity index (χ0n) is 12.6. The quantitative estimate of drug-likeness (QED) is 0.876. The number of nitrogens with zero attached hydrogens (tertiary/aromatic N) is 4. The van der Waals surface area contributed by atoms with Crippen molar-refractivity contribution in [2.45, 2.75) is 45.7 Å². The first-order chi connectivity index (χ1) is 9.58. The molecule has 3 atom stereocenters. The van der Waals surface area contributed by atoms with Gasteiger partial charge in [-0.3, -0.25) is 9.69 Å². The minimum atomic E-state index is -0.315. The van der Waals surface area contributed by atoms with E-state index in [1.165, 1.54) is 19.2 Å². The molecule has 1 saturated heterocycles. The number of aromatic nitrogens is 3. The molecule has 2 heterocycles. The Hall–Kier alpha value is -1.43. The second-order valence-electron chi connectivity index (χ2n) is 5.89. The lowest BCUT2D eigenvalue weighted by Gasteiger charge is -2.35. The molecule has 0 radical (unpaired) electrons. The van der Waals surface area contributed by atoms with Crippen LogP contribution in [0.2, 0.25) is 0 Å². The highest BCUT2D eigenvalue weighted by atomic mass is 16.2. The van der Waals surface area contributed by atoms with Gasteiger partial charge < -0.3 is 5.32 Å². The molecule has 1 aliphatic heterocycles. The minimum Gasteiger partial charge on any atom is -0.353 e. The maximum absolute atomic E-state index is 12.1. The molecule has 0 spiro atoms. The average Bonchev–Trinajstić information content (AvgIpc) is 2.97. The normalized spacial score (nSPS) is 23.2. The summed E-state index contributed by atoms with van der Waals surface area (Å²) in [5.41, 5.74) is 0. The fourth-order valence-electron chi connectivity index (χ4n) is 2.69. The lowest BCUT2D eigenvalue weighted by Crippen LogP contribution is -2.47. The topological polar surface area (TPSA) is 63.1 Å². The van der Waals surface area contributed by atoms with Crippen LogP contribution in [0.15, 0.2) is 12.7 Å². The number of piperidine rings is 1. The van der Waals surface area contributed by atoms with Crippen molar-refractivity contribution >= 4 is 5.91 Å². The van der Waals surface area contributed by atoms with Gasteiger partial charge in [-0.1, -0.05) is 6.92 Å². The number of hydrogen-bond acceptors (Lipinski definition) is 4. The molecule has 1 aliphatic rings. The molecule has 1 fully saturated rings. The van der Waals surface area contributed by atoms with Crippen LogP contribution < -0.4 is 5.32 Å². The van der Waals surface area contributed by atoms with Crippen molar-refractivity contribution in [2.24, 2.45) is 5.92 Å². The fourth-order valence-corrected chi connectivity index (χ4v) is 2.69. The lowest BCUT2D eigenvalue weighted by atomic mass is 9.99. The average molecular weight is 279 g/mol. The first-order valence-electron chi connectivity index (χ1n) is 7.43. The molecule has 1 amide bonds. The standard InChI is InChI=1S/C14H25N5O/c1-11-5-4-6-18(8-11)12(2)7-16-14(20)13(3)19-10-15-9-17-19/h9-13H,4-8H2,1-3H3,(H,16,20)/t11-,12+,13+/m1/s1. The van der Waals surface area contributed by atoms with Crippen LogP contribution in [0.4, 0.5) is 0 Å². The van der Waals surface area contributed by atoms with Crippen LogP contribution in [-0.2, 0) is 4.79 Å². The van der Waals surface area contributed by atoms with Crippen LogP contribution >= 0.6 is 0 Å². The van der Waals surface area contributed by atoms with Gasteiger partial charge in [-0.2, -0.15) is 5.10 Å². The lowest BCUT2D eigenvalue weighted by molar-refractivity contribution is -0.124. The molecule has 0 bridgehead atoms. The predicted octanol–water partition coefficient (Wildman–Crippen LogP) is 1.08. The number of rotatable bonds is 5. The Morgan fingerprint density at radius 1 is 1.50 bits per heavy atom. The van der Waals surface area contributed by atoms with E-state index in [1.54, 1.807) is 11.0 Å². The third kappa shape index (κ3) is 3.79. The van der Waals surface area contributed by atoms with Crippen molar-refractivity contribution in [1.82, 2.24) is 25.0 Å². The maximum atomic E-state index is 12.1. The van der Waals surface area contributed by atoms with Gasteiger partial charge in [0.05, 0.1) is 0 Å². The summed E-state index contributed by atoms with van der Waals surface area (Å²) in [6.45, 7) is 9.26. The van der Waals surface area contributed by atoms with Crippen LogP contribution in [0, 0.1) is 5.92 Å². The van der Waals surface area contributed by atoms with Gasteiger partial charge in [0.25, 0.3) is 0 Å². The molecule has 1 aromatic heterocycles. The number of amides is 1. The van der Waals surface area contributed by atoms with Gasteiger partial charge in [0.15, 0.2) is 0 Å². The summed E-state index contributed by atoms with van der Waals surface area (Å²) >= 11 is 0. The van der Waals surface area contributed by atoms with Crippen LogP contribution in [0.1, 0.15) is 39.7 Å². The van der Waals surface area contributed by atoms with E-state index >= 15 is 0 Å². The van der Waals surface area contributed by atoms with Crippen LogP contribution in [0.25, 0.3) is 0 Å². The van der Waals surface area contributed by atoms with Gasteiger partial charge in [-0.15, -0.1) is 0 Å². The molecule has 0 saturated carbocycles. The third-order valence-corrected chi connectivity index (χ3v) is 4.10. The summed E-state index contributed by atoms with van der Waals surface area (Å²) in [5.74, 6) is 0.753. The Morgan fingerprint density at radius 2 is 2.30 bits per heavy atom. The van der Waals surface area contributed by atoms with Crippen LogP contribution in [0.3, 0.4) is 0 Å². The van der Waals surface area contributed by atoms with Crippen molar-refractivity contribution in [3.63, 3.8) is 0 Å². The molecule has 0 aliphatic carbocycles. The van der Waals surface area contributed by atoms with E-state index in [9.17, 15) is 4.79 Å². The summed E-state index contributed by atoms with van der Waals surface area (Å²) in [6, 6.07) is 0.0645. The number of carbonyl (C=O) groups is 1. The molecule has 0 unspecified atom stereocenters. The number of carbonyl (C=O) groups excluding carboxylic acids is 1. The van der Waals surface area contributed by atoms with Crippen molar-refractivity contribution in [3.05, 3.63) is 12.7 Å². The van der Waals surface area contributed by atoms with E-state index in [2.05, 4.69) is 34.1 Å². The molecule has 20 heavy (non-hydrogen) atoms. The molecule has 112 valence electrons. The van der Waals surface area contributed by atoms with E-state index in [-0.39, 0.29) is 11.9 Å². The van der Waals surface area contributed by atoms with E-state index in [0.717, 1.165) is 19.0 Å². The smallest absolute Gasteiger partial charge is 0.244 e. The van der Waals surface area contributed by atoms with Gasteiger partial charge in [-0.25, -0.2) is 9.67 Å². The highest BCUT2D eigenvalue weighted by Crippen LogP contribution is 2.17. The Morgan fingerprint density at radius 3 is 2.95 bits per heavy atom.